The molecule has 0 spiro atoms. The standard InChI is InChI=1S/C12H17ClN2O2/c1-16-11-7-15(8-12(11)17-2)10-3-4-14-9(5-10)6-13/h3-5,11-12H,6-8H2,1-2H3. The summed E-state index contributed by atoms with van der Waals surface area (Å²) in [4.78, 5) is 6.42. The van der Waals surface area contributed by atoms with Crippen molar-refractivity contribution in [2.24, 2.45) is 0 Å². The minimum atomic E-state index is 0.118. The summed E-state index contributed by atoms with van der Waals surface area (Å²) in [6, 6.07) is 4.00. The van der Waals surface area contributed by atoms with Crippen LogP contribution in [0.1, 0.15) is 5.69 Å². The summed E-state index contributed by atoms with van der Waals surface area (Å²) in [6.45, 7) is 1.67. The minimum Gasteiger partial charge on any atom is -0.377 e. The van der Waals surface area contributed by atoms with Gasteiger partial charge in [-0.2, -0.15) is 0 Å². The van der Waals surface area contributed by atoms with E-state index in [9.17, 15) is 0 Å². The SMILES string of the molecule is COC1CN(c2ccnc(CCl)c2)CC1OC. The highest BCUT2D eigenvalue weighted by atomic mass is 35.5. The first-order chi connectivity index (χ1) is 8.28. The van der Waals surface area contributed by atoms with Crippen molar-refractivity contribution in [2.45, 2.75) is 18.1 Å². The fraction of sp³-hybridized carbons (Fsp3) is 0.583. The van der Waals surface area contributed by atoms with E-state index in [1.165, 1.54) is 0 Å². The zero-order chi connectivity index (χ0) is 12.3. The third-order valence-electron chi connectivity index (χ3n) is 3.12. The molecule has 0 amide bonds. The lowest BCUT2D eigenvalue weighted by Gasteiger charge is -2.18. The molecule has 4 nitrogen and oxygen atoms in total. The lowest BCUT2D eigenvalue weighted by molar-refractivity contribution is -0.00461. The van der Waals surface area contributed by atoms with Crippen LogP contribution in [0.2, 0.25) is 0 Å². The van der Waals surface area contributed by atoms with E-state index in [1.54, 1.807) is 20.4 Å². The molecular formula is C12H17ClN2O2. The number of hydrogen-bond donors (Lipinski definition) is 0. The first-order valence-corrected chi connectivity index (χ1v) is 6.13. The van der Waals surface area contributed by atoms with E-state index in [2.05, 4.69) is 9.88 Å². The summed E-state index contributed by atoms with van der Waals surface area (Å²) >= 11 is 5.79. The smallest absolute Gasteiger partial charge is 0.102 e. The highest BCUT2D eigenvalue weighted by Gasteiger charge is 2.33. The normalized spacial score (nSPS) is 24.3. The molecule has 2 heterocycles. The van der Waals surface area contributed by atoms with Crippen LogP contribution in [0.3, 0.4) is 0 Å². The number of alkyl halides is 1. The van der Waals surface area contributed by atoms with E-state index in [1.807, 2.05) is 12.1 Å². The maximum Gasteiger partial charge on any atom is 0.102 e. The molecule has 0 radical (unpaired) electrons. The fourth-order valence-electron chi connectivity index (χ4n) is 2.14. The molecule has 0 saturated carbocycles. The van der Waals surface area contributed by atoms with Gasteiger partial charge in [0.15, 0.2) is 0 Å². The summed E-state index contributed by atoms with van der Waals surface area (Å²) in [6.07, 6.45) is 2.02. The topological polar surface area (TPSA) is 34.6 Å². The van der Waals surface area contributed by atoms with Crippen molar-refractivity contribution in [1.82, 2.24) is 4.98 Å². The maximum absolute atomic E-state index is 5.79. The first-order valence-electron chi connectivity index (χ1n) is 5.60. The van der Waals surface area contributed by atoms with E-state index in [-0.39, 0.29) is 12.2 Å². The molecule has 0 bridgehead atoms. The molecule has 5 heteroatoms. The fourth-order valence-corrected chi connectivity index (χ4v) is 2.29. The largest absolute Gasteiger partial charge is 0.377 e. The second kappa shape index (κ2) is 5.67. The van der Waals surface area contributed by atoms with Crippen molar-refractivity contribution in [3.63, 3.8) is 0 Å². The van der Waals surface area contributed by atoms with E-state index in [0.29, 0.717) is 5.88 Å². The number of anilines is 1. The second-order valence-corrected chi connectivity index (χ2v) is 4.36. The van der Waals surface area contributed by atoms with Crippen molar-refractivity contribution < 1.29 is 9.47 Å². The number of ether oxygens (including phenoxy) is 2. The molecule has 1 fully saturated rings. The summed E-state index contributed by atoms with van der Waals surface area (Å²) in [5, 5.41) is 0. The van der Waals surface area contributed by atoms with Crippen LogP contribution in [0.5, 0.6) is 0 Å². The molecule has 1 aromatic rings. The average Bonchev–Trinajstić information content (AvgIpc) is 2.82. The Balaban J connectivity index is 2.13. The third-order valence-corrected chi connectivity index (χ3v) is 3.40. The zero-order valence-corrected chi connectivity index (χ0v) is 10.9. The summed E-state index contributed by atoms with van der Waals surface area (Å²) in [5.41, 5.74) is 2.01. The highest BCUT2D eigenvalue weighted by Crippen LogP contribution is 2.23. The lowest BCUT2D eigenvalue weighted by Crippen LogP contribution is -2.27. The van der Waals surface area contributed by atoms with Gasteiger partial charge in [0.1, 0.15) is 12.2 Å². The number of hydrogen-bond acceptors (Lipinski definition) is 4. The Morgan fingerprint density at radius 1 is 1.35 bits per heavy atom. The third kappa shape index (κ3) is 2.70. The zero-order valence-electron chi connectivity index (χ0n) is 10.1. The van der Waals surface area contributed by atoms with E-state index < -0.39 is 0 Å². The van der Waals surface area contributed by atoms with Gasteiger partial charge in [-0.05, 0) is 12.1 Å². The van der Waals surface area contributed by atoms with Crippen molar-refractivity contribution in [2.75, 3.05) is 32.2 Å². The lowest BCUT2D eigenvalue weighted by atomic mass is 10.3. The Morgan fingerprint density at radius 2 is 2.00 bits per heavy atom. The van der Waals surface area contributed by atoms with Gasteiger partial charge in [0.2, 0.25) is 0 Å². The van der Waals surface area contributed by atoms with Crippen LogP contribution in [0.25, 0.3) is 0 Å². The number of halogens is 1. The number of aromatic nitrogens is 1. The molecule has 94 valence electrons. The first kappa shape index (κ1) is 12.6. The summed E-state index contributed by atoms with van der Waals surface area (Å²) < 4.78 is 10.8. The number of pyridine rings is 1. The molecular weight excluding hydrogens is 240 g/mol. The van der Waals surface area contributed by atoms with Crippen LogP contribution in [-0.4, -0.2) is 44.5 Å². The molecule has 17 heavy (non-hydrogen) atoms. The highest BCUT2D eigenvalue weighted by molar-refractivity contribution is 6.16. The molecule has 1 aromatic heterocycles. The molecule has 0 aromatic carbocycles. The molecule has 2 rings (SSSR count). The van der Waals surface area contributed by atoms with Gasteiger partial charge in [0.05, 0.1) is 11.6 Å². The van der Waals surface area contributed by atoms with E-state index in [4.69, 9.17) is 21.1 Å². The van der Waals surface area contributed by atoms with E-state index in [0.717, 1.165) is 24.5 Å². The Kier molecular flexibility index (Phi) is 4.20. The Morgan fingerprint density at radius 3 is 2.53 bits per heavy atom. The van der Waals surface area contributed by atoms with Crippen LogP contribution < -0.4 is 4.90 Å². The molecule has 0 aliphatic carbocycles. The monoisotopic (exact) mass is 256 g/mol. The number of methoxy groups -OCH3 is 2. The Hall–Kier alpha value is -0.840. The molecule has 1 aliphatic heterocycles. The van der Waals surface area contributed by atoms with Gasteiger partial charge < -0.3 is 14.4 Å². The van der Waals surface area contributed by atoms with Gasteiger partial charge in [-0.1, -0.05) is 0 Å². The van der Waals surface area contributed by atoms with Crippen LogP contribution in [-0.2, 0) is 15.4 Å². The van der Waals surface area contributed by atoms with Gasteiger partial charge in [-0.15, -0.1) is 11.6 Å². The number of nitrogens with zero attached hydrogens (tertiary/aromatic N) is 2. The van der Waals surface area contributed by atoms with Crippen LogP contribution >= 0.6 is 11.6 Å². The Labute approximate surface area is 106 Å². The van der Waals surface area contributed by atoms with Crippen LogP contribution in [0.15, 0.2) is 18.3 Å². The molecule has 1 saturated heterocycles. The van der Waals surface area contributed by atoms with Gasteiger partial charge in [0.25, 0.3) is 0 Å². The number of rotatable bonds is 4. The Bertz CT molecular complexity index is 363. The average molecular weight is 257 g/mol. The van der Waals surface area contributed by atoms with Crippen molar-refractivity contribution in [1.29, 1.82) is 0 Å². The van der Waals surface area contributed by atoms with Crippen LogP contribution in [0.4, 0.5) is 5.69 Å². The predicted octanol–water partition coefficient (Wildman–Crippen LogP) is 1.67. The molecule has 2 unspecified atom stereocenters. The minimum absolute atomic E-state index is 0.118. The van der Waals surface area contributed by atoms with Gasteiger partial charge in [-0.3, -0.25) is 4.98 Å². The predicted molar refractivity (Wildman–Crippen MR) is 67.6 cm³/mol. The van der Waals surface area contributed by atoms with Crippen molar-refractivity contribution in [3.8, 4) is 0 Å². The van der Waals surface area contributed by atoms with Crippen molar-refractivity contribution >= 4 is 17.3 Å². The summed E-state index contributed by atoms with van der Waals surface area (Å²) in [5.74, 6) is 0.434. The molecule has 2 atom stereocenters. The summed E-state index contributed by atoms with van der Waals surface area (Å²) in [7, 11) is 3.44. The van der Waals surface area contributed by atoms with Gasteiger partial charge >= 0.3 is 0 Å². The van der Waals surface area contributed by atoms with Gasteiger partial charge in [0, 0.05) is 39.2 Å². The van der Waals surface area contributed by atoms with E-state index >= 15 is 0 Å². The molecule has 1 aliphatic rings. The second-order valence-electron chi connectivity index (χ2n) is 4.09. The van der Waals surface area contributed by atoms with Crippen LogP contribution in [0, 0.1) is 0 Å². The molecule has 0 N–H and O–H groups in total. The van der Waals surface area contributed by atoms with Gasteiger partial charge in [-0.25, -0.2) is 0 Å². The maximum atomic E-state index is 5.79. The quantitative estimate of drug-likeness (QED) is 0.768. The van der Waals surface area contributed by atoms with Crippen molar-refractivity contribution in [3.05, 3.63) is 24.0 Å².